The van der Waals surface area contributed by atoms with Gasteiger partial charge < -0.3 is 0 Å². The predicted molar refractivity (Wildman–Crippen MR) is 72.0 cm³/mol. The second-order valence-electron chi connectivity index (χ2n) is 5.67. The van der Waals surface area contributed by atoms with Crippen molar-refractivity contribution in [1.82, 2.24) is 20.4 Å². The maximum absolute atomic E-state index is 6.17. The van der Waals surface area contributed by atoms with Crippen LogP contribution in [-0.4, -0.2) is 60.9 Å². The molecule has 2 heterocycles. The molecule has 2 N–H and O–H groups in total. The lowest BCUT2D eigenvalue weighted by atomic mass is 10.1. The van der Waals surface area contributed by atoms with Crippen molar-refractivity contribution in [3.8, 4) is 0 Å². The molecule has 0 aromatic carbocycles. The number of hydrogen-bond acceptors (Lipinski definition) is 4. The fraction of sp³-hybridized carbons (Fsp3) is 1.00. The molecular formula is C12H25ClN4. The van der Waals surface area contributed by atoms with Gasteiger partial charge in [-0.1, -0.05) is 25.4 Å². The number of alkyl halides is 1. The van der Waals surface area contributed by atoms with Gasteiger partial charge in [0.1, 0.15) is 5.62 Å². The van der Waals surface area contributed by atoms with Gasteiger partial charge in [-0.25, -0.2) is 0 Å². The highest BCUT2D eigenvalue weighted by Gasteiger charge is 2.36. The highest BCUT2D eigenvalue weighted by molar-refractivity contribution is 6.20. The summed E-state index contributed by atoms with van der Waals surface area (Å²) in [5, 5.41) is 6.78. The topological polar surface area (TPSA) is 30.5 Å². The number of nitrogens with one attached hydrogen (secondary N) is 2. The number of hydrogen-bond donors (Lipinski definition) is 2. The standard InChI is InChI=1S/C12H25ClN4/c1-9(2)8-17-6-4-5-16(3)10-7-14-12(13)15-11(10)17/h9-12,14-15H,4-8H2,1-3H3. The molecule has 2 rings (SSSR count). The summed E-state index contributed by atoms with van der Waals surface area (Å²) in [6, 6.07) is 0.520. The number of likely N-dealkylation sites (N-methyl/N-ethyl adjacent to an activating group) is 1. The number of fused-ring (bicyclic) bond motifs is 1. The van der Waals surface area contributed by atoms with Crippen LogP contribution >= 0.6 is 11.6 Å². The molecule has 17 heavy (non-hydrogen) atoms. The van der Waals surface area contributed by atoms with E-state index in [0.717, 1.165) is 13.1 Å². The van der Waals surface area contributed by atoms with Crippen LogP contribution in [0.3, 0.4) is 0 Å². The van der Waals surface area contributed by atoms with Crippen LogP contribution < -0.4 is 10.6 Å². The van der Waals surface area contributed by atoms with E-state index in [1.54, 1.807) is 0 Å². The Morgan fingerprint density at radius 2 is 2.12 bits per heavy atom. The maximum Gasteiger partial charge on any atom is 0.136 e. The first-order valence-corrected chi connectivity index (χ1v) is 7.09. The average Bonchev–Trinajstić information content (AvgIpc) is 2.39. The molecule has 2 fully saturated rings. The molecular weight excluding hydrogens is 236 g/mol. The first-order chi connectivity index (χ1) is 8.08. The SMILES string of the molecule is CC(C)CN1CCCN(C)C2CNC(Cl)NC21. The zero-order valence-corrected chi connectivity index (χ0v) is 11.9. The predicted octanol–water partition coefficient (Wildman–Crippen LogP) is 0.690. The molecule has 5 heteroatoms. The monoisotopic (exact) mass is 260 g/mol. The third-order valence-corrected chi connectivity index (χ3v) is 3.98. The first kappa shape index (κ1) is 13.6. The smallest absolute Gasteiger partial charge is 0.136 e. The summed E-state index contributed by atoms with van der Waals surface area (Å²) in [5.74, 6) is 0.699. The van der Waals surface area contributed by atoms with E-state index in [-0.39, 0.29) is 5.62 Å². The van der Waals surface area contributed by atoms with Crippen LogP contribution in [0.4, 0.5) is 0 Å². The zero-order chi connectivity index (χ0) is 12.4. The summed E-state index contributed by atoms with van der Waals surface area (Å²) in [6.45, 7) is 9.01. The van der Waals surface area contributed by atoms with Crippen LogP contribution in [-0.2, 0) is 0 Å². The highest BCUT2D eigenvalue weighted by atomic mass is 35.5. The van der Waals surface area contributed by atoms with E-state index in [0.29, 0.717) is 18.1 Å². The Kier molecular flexibility index (Phi) is 4.66. The minimum atomic E-state index is -0.0996. The Hall–Kier alpha value is 0.130. The third-order valence-electron chi connectivity index (χ3n) is 3.70. The van der Waals surface area contributed by atoms with Crippen molar-refractivity contribution in [3.05, 3.63) is 0 Å². The van der Waals surface area contributed by atoms with Crippen molar-refractivity contribution in [2.75, 3.05) is 33.2 Å². The summed E-state index contributed by atoms with van der Waals surface area (Å²) in [7, 11) is 2.22. The second-order valence-corrected chi connectivity index (χ2v) is 6.11. The number of halogens is 1. The van der Waals surface area contributed by atoms with Gasteiger partial charge in [0.05, 0.1) is 12.2 Å². The number of nitrogens with zero attached hydrogens (tertiary/aromatic N) is 2. The van der Waals surface area contributed by atoms with Gasteiger partial charge in [-0.15, -0.1) is 0 Å². The van der Waals surface area contributed by atoms with Gasteiger partial charge in [0.25, 0.3) is 0 Å². The Bertz CT molecular complexity index is 249. The van der Waals surface area contributed by atoms with Gasteiger partial charge in [-0.05, 0) is 25.9 Å². The van der Waals surface area contributed by atoms with Crippen molar-refractivity contribution >= 4 is 11.6 Å². The molecule has 100 valence electrons. The Morgan fingerprint density at radius 3 is 2.82 bits per heavy atom. The van der Waals surface area contributed by atoms with Crippen LogP contribution in [0.5, 0.6) is 0 Å². The third kappa shape index (κ3) is 3.32. The largest absolute Gasteiger partial charge is 0.299 e. The summed E-state index contributed by atoms with van der Waals surface area (Å²) in [5.41, 5.74) is -0.0996. The molecule has 3 atom stereocenters. The minimum Gasteiger partial charge on any atom is -0.299 e. The normalized spacial score (nSPS) is 36.9. The Labute approximate surface area is 110 Å². The Morgan fingerprint density at radius 1 is 1.35 bits per heavy atom. The highest BCUT2D eigenvalue weighted by Crippen LogP contribution is 2.18. The van der Waals surface area contributed by atoms with Crippen LogP contribution in [0.1, 0.15) is 20.3 Å². The van der Waals surface area contributed by atoms with Gasteiger partial charge in [-0.2, -0.15) is 0 Å². The molecule has 2 saturated heterocycles. The summed E-state index contributed by atoms with van der Waals surface area (Å²) in [4.78, 5) is 5.02. The van der Waals surface area contributed by atoms with Crippen molar-refractivity contribution in [3.63, 3.8) is 0 Å². The summed E-state index contributed by atoms with van der Waals surface area (Å²) in [6.07, 6.45) is 1.62. The van der Waals surface area contributed by atoms with Gasteiger partial charge >= 0.3 is 0 Å². The van der Waals surface area contributed by atoms with Crippen LogP contribution in [0, 0.1) is 5.92 Å². The molecule has 0 amide bonds. The minimum absolute atomic E-state index is 0.0996. The molecule has 4 nitrogen and oxygen atoms in total. The van der Waals surface area contributed by atoms with Gasteiger partial charge in [0, 0.05) is 19.6 Å². The van der Waals surface area contributed by atoms with Crippen molar-refractivity contribution in [2.45, 2.75) is 38.1 Å². The molecule has 0 aromatic heterocycles. The molecule has 0 spiro atoms. The van der Waals surface area contributed by atoms with Crippen molar-refractivity contribution in [1.29, 1.82) is 0 Å². The molecule has 0 saturated carbocycles. The van der Waals surface area contributed by atoms with E-state index in [9.17, 15) is 0 Å². The lowest BCUT2D eigenvalue weighted by Gasteiger charge is -2.44. The van der Waals surface area contributed by atoms with E-state index in [4.69, 9.17) is 11.6 Å². The molecule has 2 aliphatic heterocycles. The number of rotatable bonds is 2. The fourth-order valence-corrected chi connectivity index (χ4v) is 3.12. The molecule has 2 aliphatic rings. The summed E-state index contributed by atoms with van der Waals surface area (Å²) < 4.78 is 0. The fourth-order valence-electron chi connectivity index (χ4n) is 2.90. The second kappa shape index (κ2) is 5.85. The molecule has 0 aliphatic carbocycles. The lowest BCUT2D eigenvalue weighted by molar-refractivity contribution is 0.0641. The zero-order valence-electron chi connectivity index (χ0n) is 11.1. The van der Waals surface area contributed by atoms with E-state index in [1.807, 2.05) is 0 Å². The lowest BCUT2D eigenvalue weighted by Crippen LogP contribution is -2.68. The quantitative estimate of drug-likeness (QED) is 0.565. The molecule has 0 aromatic rings. The van der Waals surface area contributed by atoms with Crippen molar-refractivity contribution < 1.29 is 0 Å². The summed E-state index contributed by atoms with van der Waals surface area (Å²) >= 11 is 6.17. The molecule has 0 radical (unpaired) electrons. The molecule has 3 unspecified atom stereocenters. The first-order valence-electron chi connectivity index (χ1n) is 6.65. The molecule has 0 bridgehead atoms. The van der Waals surface area contributed by atoms with Gasteiger partial charge in [0.2, 0.25) is 0 Å². The van der Waals surface area contributed by atoms with E-state index in [2.05, 4.69) is 41.3 Å². The van der Waals surface area contributed by atoms with Gasteiger partial charge in [-0.3, -0.25) is 20.4 Å². The van der Waals surface area contributed by atoms with Crippen molar-refractivity contribution in [2.24, 2.45) is 5.92 Å². The Balaban J connectivity index is 2.09. The average molecular weight is 261 g/mol. The van der Waals surface area contributed by atoms with E-state index in [1.165, 1.54) is 19.5 Å². The van der Waals surface area contributed by atoms with Gasteiger partial charge in [0.15, 0.2) is 0 Å². The van der Waals surface area contributed by atoms with Crippen LogP contribution in [0.15, 0.2) is 0 Å². The maximum atomic E-state index is 6.17. The van der Waals surface area contributed by atoms with E-state index < -0.39 is 0 Å². The van der Waals surface area contributed by atoms with Crippen LogP contribution in [0.25, 0.3) is 0 Å². The van der Waals surface area contributed by atoms with Crippen LogP contribution in [0.2, 0.25) is 0 Å². The van der Waals surface area contributed by atoms with E-state index >= 15 is 0 Å².